The summed E-state index contributed by atoms with van der Waals surface area (Å²) < 4.78 is 11.7. The van der Waals surface area contributed by atoms with Crippen LogP contribution in [-0.4, -0.2) is 110 Å². The van der Waals surface area contributed by atoms with Gasteiger partial charge in [0.05, 0.1) is 31.5 Å². The van der Waals surface area contributed by atoms with Gasteiger partial charge in [-0.25, -0.2) is 0 Å². The van der Waals surface area contributed by atoms with Crippen molar-refractivity contribution in [3.05, 3.63) is 34.9 Å². The SMILES string of the molecule is CC(CO)C(=CCO)CCC(C)C1C(O)CC2C3=CC(O)C4CC(OC5OC(CO)C(O)C(O)C5O)CCC4(C)C3=CCC21C. The van der Waals surface area contributed by atoms with E-state index < -0.39 is 49.5 Å². The molecule has 5 rings (SSSR count). The van der Waals surface area contributed by atoms with Crippen LogP contribution in [0.2, 0.25) is 0 Å². The third-order valence-electron chi connectivity index (χ3n) is 12.5. The highest BCUT2D eigenvalue weighted by molar-refractivity contribution is 5.48. The Labute approximate surface area is 267 Å². The second kappa shape index (κ2) is 13.7. The lowest BCUT2D eigenvalue weighted by atomic mass is 9.51. The molecule has 3 fully saturated rings. The number of hydrogen-bond acceptors (Lipinski definition) is 10. The van der Waals surface area contributed by atoms with E-state index in [2.05, 4.69) is 26.8 Å². The summed E-state index contributed by atoms with van der Waals surface area (Å²) in [5.74, 6) is 0.282. The van der Waals surface area contributed by atoms with E-state index in [0.29, 0.717) is 19.3 Å². The number of rotatable bonds is 10. The van der Waals surface area contributed by atoms with Gasteiger partial charge in [0.15, 0.2) is 6.29 Å². The van der Waals surface area contributed by atoms with E-state index in [9.17, 15) is 40.9 Å². The first-order valence-electron chi connectivity index (χ1n) is 17.0. The molecule has 10 heteroatoms. The number of ether oxygens (including phenoxy) is 2. The van der Waals surface area contributed by atoms with E-state index in [0.717, 1.165) is 36.8 Å². The van der Waals surface area contributed by atoms with Gasteiger partial charge in [0, 0.05) is 18.4 Å². The summed E-state index contributed by atoms with van der Waals surface area (Å²) in [5, 5.41) is 82.7. The molecule has 1 heterocycles. The topological polar surface area (TPSA) is 180 Å². The lowest BCUT2D eigenvalue weighted by Crippen LogP contribution is -2.60. The Kier molecular flexibility index (Phi) is 10.7. The van der Waals surface area contributed by atoms with Gasteiger partial charge in [0.25, 0.3) is 0 Å². The van der Waals surface area contributed by atoms with Gasteiger partial charge in [-0.2, -0.15) is 0 Å². The molecule has 0 aromatic heterocycles. The van der Waals surface area contributed by atoms with Crippen molar-refractivity contribution in [3.63, 3.8) is 0 Å². The molecule has 0 aromatic rings. The van der Waals surface area contributed by atoms with Crippen molar-refractivity contribution in [1.82, 2.24) is 0 Å². The zero-order chi connectivity index (χ0) is 32.8. The highest BCUT2D eigenvalue weighted by Gasteiger charge is 2.59. The van der Waals surface area contributed by atoms with Crippen molar-refractivity contribution in [2.75, 3.05) is 19.8 Å². The molecule has 256 valence electrons. The van der Waals surface area contributed by atoms with Crippen molar-refractivity contribution in [2.24, 2.45) is 40.4 Å². The maximum absolute atomic E-state index is 11.6. The number of allylic oxidation sites excluding steroid dienone is 3. The summed E-state index contributed by atoms with van der Waals surface area (Å²) in [5.41, 5.74) is 3.02. The second-order valence-electron chi connectivity index (χ2n) is 15.1. The van der Waals surface area contributed by atoms with Crippen LogP contribution in [-0.2, 0) is 9.47 Å². The quantitative estimate of drug-likeness (QED) is 0.164. The van der Waals surface area contributed by atoms with Gasteiger partial charge in [0.1, 0.15) is 24.4 Å². The molecule has 45 heavy (non-hydrogen) atoms. The Bertz CT molecular complexity index is 1140. The van der Waals surface area contributed by atoms with Crippen molar-refractivity contribution in [2.45, 2.75) is 122 Å². The standard InChI is InChI=1S/C35H56O10/c1-18(5-6-20(9-12-36)19(2)16-37)29-27(40)15-24-22-14-26(39)25-13-21(7-10-34(25,3)23(22)8-11-35(24,29)4)44-33-32(43)31(42)30(41)28(17-38)45-33/h8-9,14,18-19,21,24-33,36-43H,5-7,10-13,15-17H2,1-4H3. The fourth-order valence-corrected chi connectivity index (χ4v) is 9.82. The minimum Gasteiger partial charge on any atom is -0.396 e. The lowest BCUT2D eigenvalue weighted by molar-refractivity contribution is -0.315. The number of aliphatic hydroxyl groups excluding tert-OH is 8. The zero-order valence-electron chi connectivity index (χ0n) is 27.2. The van der Waals surface area contributed by atoms with Gasteiger partial charge < -0.3 is 50.3 Å². The normalized spacial score (nSPS) is 46.4. The Morgan fingerprint density at radius 1 is 1.04 bits per heavy atom. The van der Waals surface area contributed by atoms with E-state index in [-0.39, 0.29) is 59.7 Å². The van der Waals surface area contributed by atoms with Crippen LogP contribution in [0.4, 0.5) is 0 Å². The highest BCUT2D eigenvalue weighted by Crippen LogP contribution is 2.65. The van der Waals surface area contributed by atoms with Crippen LogP contribution in [0.25, 0.3) is 0 Å². The van der Waals surface area contributed by atoms with E-state index in [1.807, 2.05) is 13.0 Å². The smallest absolute Gasteiger partial charge is 0.186 e. The van der Waals surface area contributed by atoms with E-state index in [4.69, 9.17) is 9.47 Å². The van der Waals surface area contributed by atoms with Crippen LogP contribution in [0, 0.1) is 40.4 Å². The number of aliphatic hydroxyl groups is 8. The van der Waals surface area contributed by atoms with E-state index in [1.165, 1.54) is 5.57 Å². The van der Waals surface area contributed by atoms with Crippen molar-refractivity contribution >= 4 is 0 Å². The average Bonchev–Trinajstić information content (AvgIpc) is 3.29. The summed E-state index contributed by atoms with van der Waals surface area (Å²) in [6, 6.07) is 0. The van der Waals surface area contributed by atoms with Crippen LogP contribution in [0.1, 0.15) is 72.6 Å². The van der Waals surface area contributed by atoms with Crippen LogP contribution < -0.4 is 0 Å². The summed E-state index contributed by atoms with van der Waals surface area (Å²) in [4.78, 5) is 0. The molecule has 0 aromatic carbocycles. The van der Waals surface area contributed by atoms with Crippen LogP contribution in [0.15, 0.2) is 34.9 Å². The largest absolute Gasteiger partial charge is 0.396 e. The molecule has 0 bridgehead atoms. The second-order valence-corrected chi connectivity index (χ2v) is 15.1. The van der Waals surface area contributed by atoms with Crippen molar-refractivity contribution < 1.29 is 50.3 Å². The molecule has 1 saturated heterocycles. The first-order valence-corrected chi connectivity index (χ1v) is 17.0. The summed E-state index contributed by atoms with van der Waals surface area (Å²) in [6.07, 6.45) is 3.01. The molecule has 1 aliphatic heterocycles. The third kappa shape index (κ3) is 6.25. The summed E-state index contributed by atoms with van der Waals surface area (Å²) >= 11 is 0. The molecule has 0 spiro atoms. The third-order valence-corrected chi connectivity index (χ3v) is 12.5. The maximum Gasteiger partial charge on any atom is 0.186 e. The Morgan fingerprint density at radius 3 is 2.44 bits per heavy atom. The van der Waals surface area contributed by atoms with Gasteiger partial charge in [-0.05, 0) is 84.7 Å². The predicted molar refractivity (Wildman–Crippen MR) is 166 cm³/mol. The molecule has 4 aliphatic carbocycles. The number of fused-ring (bicyclic) bond motifs is 5. The molecule has 8 N–H and O–H groups in total. The van der Waals surface area contributed by atoms with Gasteiger partial charge in [0.2, 0.25) is 0 Å². The van der Waals surface area contributed by atoms with Crippen LogP contribution in [0.3, 0.4) is 0 Å². The first-order chi connectivity index (χ1) is 21.3. The minimum atomic E-state index is -1.50. The van der Waals surface area contributed by atoms with Crippen LogP contribution >= 0.6 is 0 Å². The Hall–Kier alpha value is -1.18. The van der Waals surface area contributed by atoms with Gasteiger partial charge in [-0.1, -0.05) is 51.5 Å². The number of hydrogen-bond donors (Lipinski definition) is 8. The van der Waals surface area contributed by atoms with Gasteiger partial charge in [-0.15, -0.1) is 0 Å². The molecule has 5 aliphatic rings. The fourth-order valence-electron chi connectivity index (χ4n) is 9.82. The first kappa shape index (κ1) is 35.1. The monoisotopic (exact) mass is 636 g/mol. The Balaban J connectivity index is 1.31. The molecule has 15 atom stereocenters. The van der Waals surface area contributed by atoms with Crippen molar-refractivity contribution in [3.8, 4) is 0 Å². The molecular weight excluding hydrogens is 580 g/mol. The Morgan fingerprint density at radius 2 is 1.78 bits per heavy atom. The predicted octanol–water partition coefficient (Wildman–Crippen LogP) is 1.58. The molecule has 10 nitrogen and oxygen atoms in total. The van der Waals surface area contributed by atoms with E-state index in [1.54, 1.807) is 6.08 Å². The summed E-state index contributed by atoms with van der Waals surface area (Å²) in [6.45, 7) is 8.14. The van der Waals surface area contributed by atoms with Gasteiger partial charge in [-0.3, -0.25) is 0 Å². The van der Waals surface area contributed by atoms with Crippen LogP contribution in [0.5, 0.6) is 0 Å². The lowest BCUT2D eigenvalue weighted by Gasteiger charge is -2.55. The molecule has 0 radical (unpaired) electrons. The molecule has 2 saturated carbocycles. The molecular formula is C35H56O10. The van der Waals surface area contributed by atoms with E-state index >= 15 is 0 Å². The van der Waals surface area contributed by atoms with Crippen molar-refractivity contribution in [1.29, 1.82) is 0 Å². The minimum absolute atomic E-state index is 0.0124. The zero-order valence-corrected chi connectivity index (χ0v) is 27.2. The molecule has 15 unspecified atom stereocenters. The van der Waals surface area contributed by atoms with Gasteiger partial charge >= 0.3 is 0 Å². The highest BCUT2D eigenvalue weighted by atomic mass is 16.7. The fraction of sp³-hybridized carbons (Fsp3) is 0.829. The molecule has 0 amide bonds. The summed E-state index contributed by atoms with van der Waals surface area (Å²) in [7, 11) is 0. The maximum atomic E-state index is 11.6. The average molecular weight is 637 g/mol.